The first kappa shape index (κ1) is 49.8. The molecule has 0 saturated carbocycles. The molecule has 0 fully saturated rings. The van der Waals surface area contributed by atoms with E-state index >= 15 is 0 Å². The smallest absolute Gasteiger partial charge is 0.385 e. The van der Waals surface area contributed by atoms with Crippen LogP contribution in [0.3, 0.4) is 0 Å². The van der Waals surface area contributed by atoms with E-state index in [0.717, 1.165) is 7.11 Å². The zero-order chi connectivity index (χ0) is 40.9. The van der Waals surface area contributed by atoms with E-state index < -0.39 is 135 Å². The maximum Gasteiger partial charge on any atom is 0.472 e. The van der Waals surface area contributed by atoms with E-state index in [1.54, 1.807) is 0 Å². The zero-order valence-electron chi connectivity index (χ0n) is 25.2. The van der Waals surface area contributed by atoms with E-state index in [-0.39, 0.29) is 0 Å². The lowest BCUT2D eigenvalue weighted by molar-refractivity contribution is -0.409. The fraction of sp³-hybridized carbons (Fsp3) is 1.00. The third kappa shape index (κ3) is 14.9. The number of methoxy groups -OCH3 is 1. The monoisotopic (exact) mass is 846 g/mol. The van der Waals surface area contributed by atoms with E-state index in [1.165, 1.54) is 0 Å². The Morgan fingerprint density at radius 2 is 0.804 bits per heavy atom. The highest BCUT2D eigenvalue weighted by molar-refractivity contribution is 7.47. The van der Waals surface area contributed by atoms with E-state index in [0.29, 0.717) is 0 Å². The van der Waals surface area contributed by atoms with Gasteiger partial charge in [0.2, 0.25) is 0 Å². The number of phosphoric ester groups is 2. The van der Waals surface area contributed by atoms with Crippen molar-refractivity contribution in [2.45, 2.75) is 80.7 Å². The van der Waals surface area contributed by atoms with Crippen LogP contribution in [-0.4, -0.2) is 110 Å². The van der Waals surface area contributed by atoms with Gasteiger partial charge in [-0.15, -0.1) is 0 Å². The standard InChI is InChI=1S/C20H26F18O11P2/c1-13(21,17(29,30)31)19(35,36)48-11(15(23,24)25)8-46-50(39,40)44-6-10(4-5-43-3)7-45-51(41,42)47-9-12(16(26,27)28)49-20(37,38)14(2,22)18(32,33)34/h10-12H,4-9H2,1-3H3,(H,39,40)(H,41,42). The van der Waals surface area contributed by atoms with E-state index in [2.05, 4.69) is 32.3 Å². The topological polar surface area (TPSA) is 139 Å². The summed E-state index contributed by atoms with van der Waals surface area (Å²) in [5.74, 6) is -1.62. The predicted octanol–water partition coefficient (Wildman–Crippen LogP) is 7.57. The molecule has 0 aromatic heterocycles. The highest BCUT2D eigenvalue weighted by Crippen LogP contribution is 2.51. The normalized spacial score (nSPS) is 20.8. The first-order valence-corrected chi connectivity index (χ1v) is 15.7. The fourth-order valence-corrected chi connectivity index (χ4v) is 4.19. The van der Waals surface area contributed by atoms with Gasteiger partial charge < -0.3 is 24.0 Å². The molecule has 6 atom stereocenters. The Morgan fingerprint density at radius 3 is 1.04 bits per heavy atom. The molecule has 0 spiro atoms. The van der Waals surface area contributed by atoms with Gasteiger partial charge in [-0.1, -0.05) is 0 Å². The second kappa shape index (κ2) is 17.1. The Morgan fingerprint density at radius 1 is 0.529 bits per heavy atom. The molecule has 0 aliphatic rings. The molecule has 0 radical (unpaired) electrons. The third-order valence-electron chi connectivity index (χ3n) is 5.92. The lowest BCUT2D eigenvalue weighted by Crippen LogP contribution is -2.57. The average molecular weight is 846 g/mol. The van der Waals surface area contributed by atoms with Gasteiger partial charge in [0.15, 0.2) is 12.2 Å². The highest BCUT2D eigenvalue weighted by atomic mass is 31.2. The van der Waals surface area contributed by atoms with Crippen LogP contribution >= 0.6 is 15.6 Å². The molecule has 0 heterocycles. The van der Waals surface area contributed by atoms with Crippen LogP contribution in [0.25, 0.3) is 0 Å². The van der Waals surface area contributed by atoms with Crippen molar-refractivity contribution in [1.29, 1.82) is 0 Å². The maximum atomic E-state index is 13.7. The molecule has 0 aliphatic carbocycles. The van der Waals surface area contributed by atoms with Crippen LogP contribution in [0.15, 0.2) is 0 Å². The summed E-state index contributed by atoms with van der Waals surface area (Å²) in [4.78, 5) is 19.2. The summed E-state index contributed by atoms with van der Waals surface area (Å²) < 4.78 is 287. The lowest BCUT2D eigenvalue weighted by atomic mass is 10.1. The van der Waals surface area contributed by atoms with Gasteiger partial charge in [0, 0.05) is 19.6 Å². The minimum Gasteiger partial charge on any atom is -0.385 e. The van der Waals surface area contributed by atoms with Gasteiger partial charge in [-0.05, 0) is 20.3 Å². The van der Waals surface area contributed by atoms with Crippen LogP contribution < -0.4 is 0 Å². The molecular formula is C20H26F18O11P2. The lowest BCUT2D eigenvalue weighted by Gasteiger charge is -2.34. The van der Waals surface area contributed by atoms with Gasteiger partial charge in [-0.2, -0.15) is 70.2 Å². The molecule has 6 unspecified atom stereocenters. The number of hydrogen-bond donors (Lipinski definition) is 2. The molecule has 11 nitrogen and oxygen atoms in total. The van der Waals surface area contributed by atoms with Crippen molar-refractivity contribution in [1.82, 2.24) is 0 Å². The Labute approximate surface area is 273 Å². The SMILES string of the molecule is COCCC(COP(=O)(O)OCC(OC(F)(F)C(C)(F)C(F)(F)F)C(F)(F)F)COP(=O)(O)OCC(OC(F)(F)C(C)(F)C(F)(F)F)C(F)(F)F. The van der Waals surface area contributed by atoms with Crippen molar-refractivity contribution in [3.8, 4) is 0 Å². The van der Waals surface area contributed by atoms with Crippen LogP contribution in [0, 0.1) is 5.92 Å². The van der Waals surface area contributed by atoms with Crippen LogP contribution in [0.2, 0.25) is 0 Å². The Bertz CT molecular complexity index is 1100. The van der Waals surface area contributed by atoms with Crippen LogP contribution in [0.5, 0.6) is 0 Å². The first-order valence-electron chi connectivity index (χ1n) is 12.7. The van der Waals surface area contributed by atoms with Crippen LogP contribution in [0.1, 0.15) is 20.3 Å². The Hall–Kier alpha value is -1.16. The van der Waals surface area contributed by atoms with Crippen molar-refractivity contribution in [2.24, 2.45) is 5.92 Å². The molecule has 0 saturated heterocycles. The Kier molecular flexibility index (Phi) is 16.7. The summed E-state index contributed by atoms with van der Waals surface area (Å²) in [5.41, 5.74) is -11.5. The largest absolute Gasteiger partial charge is 0.472 e. The first-order chi connectivity index (χ1) is 22.3. The number of halogens is 18. The van der Waals surface area contributed by atoms with Crippen molar-refractivity contribution in [3.63, 3.8) is 0 Å². The minimum atomic E-state index is -6.50. The second-order valence-electron chi connectivity index (χ2n) is 10.1. The van der Waals surface area contributed by atoms with E-state index in [9.17, 15) is 97.9 Å². The summed E-state index contributed by atoms with van der Waals surface area (Å²) in [6.45, 7) is -10.0. The molecule has 0 rings (SSSR count). The van der Waals surface area contributed by atoms with Gasteiger partial charge in [-0.25, -0.2) is 17.9 Å². The van der Waals surface area contributed by atoms with Gasteiger partial charge in [0.05, 0.1) is 26.4 Å². The van der Waals surface area contributed by atoms with Crippen molar-refractivity contribution in [3.05, 3.63) is 0 Å². The number of ether oxygens (including phenoxy) is 3. The molecule has 51 heavy (non-hydrogen) atoms. The predicted molar refractivity (Wildman–Crippen MR) is 126 cm³/mol. The Balaban J connectivity index is 5.66. The number of alkyl halides is 18. The van der Waals surface area contributed by atoms with E-state index in [1.807, 2.05) is 0 Å². The van der Waals surface area contributed by atoms with Gasteiger partial charge in [-0.3, -0.25) is 18.1 Å². The van der Waals surface area contributed by atoms with Gasteiger partial charge in [0.25, 0.3) is 11.3 Å². The summed E-state index contributed by atoms with van der Waals surface area (Å²) in [6.07, 6.45) is -46.8. The molecule has 0 amide bonds. The van der Waals surface area contributed by atoms with Crippen molar-refractivity contribution in [2.75, 3.05) is 40.1 Å². The molecule has 0 aliphatic heterocycles. The third-order valence-corrected chi connectivity index (χ3v) is 7.83. The fourth-order valence-electron chi connectivity index (χ4n) is 2.60. The van der Waals surface area contributed by atoms with Gasteiger partial charge >= 0.3 is 52.6 Å². The van der Waals surface area contributed by atoms with Gasteiger partial charge in [0.1, 0.15) is 0 Å². The van der Waals surface area contributed by atoms with E-state index in [4.69, 9.17) is 0 Å². The molecule has 2 N–H and O–H groups in total. The quantitative estimate of drug-likeness (QED) is 0.0874. The average Bonchev–Trinajstić information content (AvgIpc) is 2.90. The van der Waals surface area contributed by atoms with Crippen molar-refractivity contribution >= 4 is 15.6 Å². The summed E-state index contributed by atoms with van der Waals surface area (Å²) >= 11 is 0. The van der Waals surface area contributed by atoms with Crippen LogP contribution in [-0.2, 0) is 41.4 Å². The molecule has 0 bridgehead atoms. The second-order valence-corrected chi connectivity index (χ2v) is 13.0. The number of phosphoric acid groups is 2. The van der Waals surface area contributed by atoms with Crippen LogP contribution in [0.4, 0.5) is 79.0 Å². The molecular weight excluding hydrogens is 820 g/mol. The van der Waals surface area contributed by atoms with Crippen molar-refractivity contribution < 1.29 is 130 Å². The minimum absolute atomic E-state index is 0.453. The summed E-state index contributed by atoms with van der Waals surface area (Å²) in [7, 11) is -10.9. The number of hydrogen-bond acceptors (Lipinski definition) is 9. The highest BCUT2D eigenvalue weighted by Gasteiger charge is 2.72. The molecule has 31 heteroatoms. The maximum absolute atomic E-state index is 13.7. The zero-order valence-corrected chi connectivity index (χ0v) is 27.0. The molecule has 0 aromatic carbocycles. The number of rotatable bonds is 21. The summed E-state index contributed by atoms with van der Waals surface area (Å²) in [6, 6.07) is 0. The summed E-state index contributed by atoms with van der Waals surface area (Å²) in [5, 5.41) is 0. The molecule has 0 aromatic rings. The molecule has 308 valence electrons.